The molecule has 156 valence electrons. The van der Waals surface area contributed by atoms with E-state index in [9.17, 15) is 9.59 Å². The molecule has 2 atom stereocenters. The number of nitrogens with zero attached hydrogens (tertiary/aromatic N) is 1. The molecular formula is C22H29N3O4. The minimum Gasteiger partial charge on any atom is -0.459 e. The number of amides is 1. The molecule has 2 heterocycles. The molecule has 0 spiro atoms. The number of oxime groups is 1. The molecule has 7 nitrogen and oxygen atoms in total. The van der Waals surface area contributed by atoms with Crippen LogP contribution < -0.4 is 10.6 Å². The van der Waals surface area contributed by atoms with Crippen LogP contribution in [0.1, 0.15) is 51.7 Å². The summed E-state index contributed by atoms with van der Waals surface area (Å²) >= 11 is 0. The summed E-state index contributed by atoms with van der Waals surface area (Å²) < 4.78 is 5.51. The van der Waals surface area contributed by atoms with Gasteiger partial charge in [-0.2, -0.15) is 0 Å². The van der Waals surface area contributed by atoms with E-state index < -0.39 is 5.60 Å². The van der Waals surface area contributed by atoms with E-state index in [4.69, 9.17) is 9.57 Å². The summed E-state index contributed by atoms with van der Waals surface area (Å²) in [6.07, 6.45) is 3.23. The highest BCUT2D eigenvalue weighted by molar-refractivity contribution is 6.01. The van der Waals surface area contributed by atoms with Crippen molar-refractivity contribution < 1.29 is 19.2 Å². The van der Waals surface area contributed by atoms with E-state index in [2.05, 4.69) is 21.9 Å². The Balaban J connectivity index is 1.60. The smallest absolute Gasteiger partial charge is 0.324 e. The molecule has 0 bridgehead atoms. The Morgan fingerprint density at radius 2 is 1.90 bits per heavy atom. The van der Waals surface area contributed by atoms with Gasteiger partial charge in [0.2, 0.25) is 5.91 Å². The Morgan fingerprint density at radius 1 is 1.21 bits per heavy atom. The summed E-state index contributed by atoms with van der Waals surface area (Å²) in [6.45, 7) is 8.19. The van der Waals surface area contributed by atoms with Crippen LogP contribution in [0.5, 0.6) is 0 Å². The van der Waals surface area contributed by atoms with Crippen LogP contribution in [-0.2, 0) is 19.2 Å². The summed E-state index contributed by atoms with van der Waals surface area (Å²) in [5.41, 5.74) is 3.58. The van der Waals surface area contributed by atoms with Crippen LogP contribution >= 0.6 is 0 Å². The predicted octanol–water partition coefficient (Wildman–Crippen LogP) is 2.40. The monoisotopic (exact) mass is 399 g/mol. The number of ether oxygens (including phenoxy) is 1. The van der Waals surface area contributed by atoms with E-state index in [1.807, 2.05) is 45.0 Å². The first-order valence-corrected chi connectivity index (χ1v) is 9.94. The highest BCUT2D eigenvalue weighted by Gasteiger charge is 2.28. The number of rotatable bonds is 5. The Bertz CT molecular complexity index is 821. The van der Waals surface area contributed by atoms with Crippen molar-refractivity contribution in [3.05, 3.63) is 41.5 Å². The molecular weight excluding hydrogens is 370 g/mol. The van der Waals surface area contributed by atoms with Gasteiger partial charge in [0.25, 0.3) is 0 Å². The first-order valence-electron chi connectivity index (χ1n) is 9.94. The van der Waals surface area contributed by atoms with E-state index in [1.54, 1.807) is 0 Å². The largest absolute Gasteiger partial charge is 0.459 e. The Kier molecular flexibility index (Phi) is 6.37. The highest BCUT2D eigenvalue weighted by Crippen LogP contribution is 2.25. The molecule has 0 fully saturated rings. The quantitative estimate of drug-likeness (QED) is 0.742. The zero-order chi connectivity index (χ0) is 21.0. The van der Waals surface area contributed by atoms with Gasteiger partial charge in [0.15, 0.2) is 0 Å². The maximum absolute atomic E-state index is 12.4. The second kappa shape index (κ2) is 8.78. The van der Waals surface area contributed by atoms with Crippen LogP contribution in [0.2, 0.25) is 0 Å². The lowest BCUT2D eigenvalue weighted by Gasteiger charge is -2.27. The fourth-order valence-electron chi connectivity index (χ4n) is 3.32. The molecule has 2 aliphatic rings. The molecule has 0 saturated heterocycles. The summed E-state index contributed by atoms with van der Waals surface area (Å²) in [6, 6.07) is 7.79. The average Bonchev–Trinajstić information content (AvgIpc) is 3.14. The van der Waals surface area contributed by atoms with E-state index in [0.29, 0.717) is 25.9 Å². The van der Waals surface area contributed by atoms with E-state index in [0.717, 1.165) is 22.4 Å². The molecule has 0 aromatic heterocycles. The van der Waals surface area contributed by atoms with Crippen molar-refractivity contribution in [2.45, 2.75) is 58.3 Å². The van der Waals surface area contributed by atoms with Gasteiger partial charge in [-0.15, -0.1) is 0 Å². The lowest BCUT2D eigenvalue weighted by atomic mass is 9.93. The van der Waals surface area contributed by atoms with Gasteiger partial charge in [-0.25, -0.2) is 0 Å². The van der Waals surface area contributed by atoms with Crippen LogP contribution in [-0.4, -0.2) is 48.4 Å². The number of hydrogen-bond acceptors (Lipinski definition) is 6. The first-order chi connectivity index (χ1) is 13.7. The molecule has 0 saturated carbocycles. The summed E-state index contributed by atoms with van der Waals surface area (Å²) in [4.78, 5) is 28.8. The van der Waals surface area contributed by atoms with Crippen LogP contribution in [0, 0.1) is 0 Å². The van der Waals surface area contributed by atoms with Crippen molar-refractivity contribution in [1.29, 1.82) is 0 Å². The van der Waals surface area contributed by atoms with Crippen molar-refractivity contribution >= 4 is 23.2 Å². The fourth-order valence-corrected chi connectivity index (χ4v) is 3.32. The Hall–Kier alpha value is -2.67. The maximum atomic E-state index is 12.4. The molecule has 1 amide bonds. The van der Waals surface area contributed by atoms with Gasteiger partial charge in [0.1, 0.15) is 17.7 Å². The zero-order valence-corrected chi connectivity index (χ0v) is 17.5. The van der Waals surface area contributed by atoms with Crippen LogP contribution in [0.3, 0.4) is 0 Å². The van der Waals surface area contributed by atoms with Crippen molar-refractivity contribution in [3.8, 4) is 0 Å². The average molecular weight is 399 g/mol. The molecule has 1 aromatic rings. The third kappa shape index (κ3) is 5.90. The van der Waals surface area contributed by atoms with E-state index in [-0.39, 0.29) is 24.0 Å². The Labute approximate surface area is 171 Å². The first kappa shape index (κ1) is 21.0. The molecule has 3 rings (SSSR count). The predicted molar refractivity (Wildman–Crippen MR) is 111 cm³/mol. The van der Waals surface area contributed by atoms with E-state index in [1.165, 1.54) is 6.92 Å². The van der Waals surface area contributed by atoms with Crippen molar-refractivity contribution in [3.63, 3.8) is 0 Å². The molecule has 0 aliphatic carbocycles. The van der Waals surface area contributed by atoms with Gasteiger partial charge in [-0.05, 0) is 43.9 Å². The number of esters is 1. The van der Waals surface area contributed by atoms with Gasteiger partial charge in [0.05, 0.1) is 12.3 Å². The summed E-state index contributed by atoms with van der Waals surface area (Å²) in [5.74, 6) is -0.297. The van der Waals surface area contributed by atoms with Gasteiger partial charge in [-0.1, -0.05) is 35.5 Å². The Morgan fingerprint density at radius 3 is 2.55 bits per heavy atom. The minimum absolute atomic E-state index is 0.0775. The third-order valence-electron chi connectivity index (χ3n) is 4.73. The summed E-state index contributed by atoms with van der Waals surface area (Å²) in [7, 11) is 0. The summed E-state index contributed by atoms with van der Waals surface area (Å²) in [5, 5.41) is 10.1. The fraction of sp³-hybridized carbons (Fsp3) is 0.500. The maximum Gasteiger partial charge on any atom is 0.324 e. The van der Waals surface area contributed by atoms with Crippen molar-refractivity contribution in [2.24, 2.45) is 5.16 Å². The van der Waals surface area contributed by atoms with Gasteiger partial charge < -0.3 is 20.2 Å². The molecule has 29 heavy (non-hydrogen) atoms. The number of carbonyl (C=O) groups is 2. The normalized spacial score (nSPS) is 21.7. The molecule has 2 unspecified atom stereocenters. The zero-order valence-electron chi connectivity index (χ0n) is 17.5. The topological polar surface area (TPSA) is 89.0 Å². The lowest BCUT2D eigenvalue weighted by Crippen LogP contribution is -2.43. The standard InChI is InChI=1S/C22H29N3O4/c1-14(26)24-13-18-12-19(25-29-18)16-7-5-15(6-8-16)17-9-10-23-20(11-17)21(27)28-22(2,3)4/h5-9,18,20,23H,10-13H2,1-4H3,(H,24,26). The van der Waals surface area contributed by atoms with Crippen molar-refractivity contribution in [2.75, 3.05) is 13.1 Å². The van der Waals surface area contributed by atoms with E-state index >= 15 is 0 Å². The minimum atomic E-state index is -0.496. The third-order valence-corrected chi connectivity index (χ3v) is 4.73. The van der Waals surface area contributed by atoms with Gasteiger partial charge in [-0.3, -0.25) is 9.59 Å². The second-order valence-corrected chi connectivity index (χ2v) is 8.41. The number of benzene rings is 1. The number of nitrogens with one attached hydrogen (secondary N) is 2. The number of hydrogen-bond donors (Lipinski definition) is 2. The van der Waals surface area contributed by atoms with Gasteiger partial charge in [0, 0.05) is 19.9 Å². The van der Waals surface area contributed by atoms with Crippen LogP contribution in [0.4, 0.5) is 0 Å². The number of carbonyl (C=O) groups excluding carboxylic acids is 2. The highest BCUT2D eigenvalue weighted by atomic mass is 16.6. The SMILES string of the molecule is CC(=O)NCC1CC(c2ccc(C3=CCNC(C(=O)OC(C)(C)C)C3)cc2)=NO1. The molecule has 7 heteroatoms. The van der Waals surface area contributed by atoms with Crippen LogP contribution in [0.15, 0.2) is 35.5 Å². The second-order valence-electron chi connectivity index (χ2n) is 8.41. The lowest BCUT2D eigenvalue weighted by molar-refractivity contribution is -0.157. The molecule has 0 radical (unpaired) electrons. The molecule has 2 aliphatic heterocycles. The van der Waals surface area contributed by atoms with Crippen LogP contribution in [0.25, 0.3) is 5.57 Å². The van der Waals surface area contributed by atoms with Gasteiger partial charge >= 0.3 is 5.97 Å². The van der Waals surface area contributed by atoms with Crippen molar-refractivity contribution in [1.82, 2.24) is 10.6 Å². The molecule has 1 aromatic carbocycles. The molecule has 2 N–H and O–H groups in total.